The zero-order valence-electron chi connectivity index (χ0n) is 15.3. The van der Waals surface area contributed by atoms with Gasteiger partial charge in [-0.3, -0.25) is 9.89 Å². The molecule has 7 heteroatoms. The molecule has 0 saturated carbocycles. The Morgan fingerprint density at radius 3 is 2.48 bits per heavy atom. The summed E-state index contributed by atoms with van der Waals surface area (Å²) in [7, 11) is 0. The van der Waals surface area contributed by atoms with Gasteiger partial charge in [0.25, 0.3) is 0 Å². The summed E-state index contributed by atoms with van der Waals surface area (Å²) >= 11 is 0. The van der Waals surface area contributed by atoms with Crippen LogP contribution in [0.25, 0.3) is 0 Å². The van der Waals surface area contributed by atoms with Crippen LogP contribution in [-0.4, -0.2) is 89.8 Å². The van der Waals surface area contributed by atoms with Crippen molar-refractivity contribution in [1.82, 2.24) is 14.7 Å². The van der Waals surface area contributed by atoms with E-state index in [1.807, 2.05) is 11.0 Å². The summed E-state index contributed by atoms with van der Waals surface area (Å²) in [5.74, 6) is 0. The van der Waals surface area contributed by atoms with Gasteiger partial charge in [-0.2, -0.15) is 0 Å². The summed E-state index contributed by atoms with van der Waals surface area (Å²) in [5.41, 5.74) is 1.12. The van der Waals surface area contributed by atoms with E-state index in [-0.39, 0.29) is 12.2 Å². The molecule has 7 nitrogen and oxygen atoms in total. The molecule has 3 rings (SSSR count). The maximum atomic E-state index is 12.4. The van der Waals surface area contributed by atoms with Gasteiger partial charge < -0.3 is 19.6 Å². The number of hydrogen-bond acceptors (Lipinski definition) is 6. The van der Waals surface area contributed by atoms with E-state index < -0.39 is 6.23 Å². The van der Waals surface area contributed by atoms with E-state index >= 15 is 0 Å². The van der Waals surface area contributed by atoms with Crippen molar-refractivity contribution in [3.8, 4) is 0 Å². The number of amides is 1. The van der Waals surface area contributed by atoms with Gasteiger partial charge in [0.05, 0.1) is 0 Å². The maximum absolute atomic E-state index is 12.4. The fourth-order valence-corrected chi connectivity index (χ4v) is 3.67. The van der Waals surface area contributed by atoms with E-state index in [4.69, 9.17) is 4.74 Å². The predicted octanol–water partition coefficient (Wildman–Crippen LogP) is 1.29. The molecule has 0 aromatic heterocycles. The Kier molecular flexibility index (Phi) is 5.96. The molecule has 3 aliphatic rings. The van der Waals surface area contributed by atoms with Crippen molar-refractivity contribution in [2.75, 3.05) is 39.3 Å². The van der Waals surface area contributed by atoms with Crippen LogP contribution in [0.15, 0.2) is 16.8 Å². The van der Waals surface area contributed by atoms with Crippen molar-refractivity contribution < 1.29 is 14.6 Å². The lowest BCUT2D eigenvalue weighted by Gasteiger charge is -2.38. The molecule has 0 bridgehead atoms. The molecule has 2 saturated heterocycles. The predicted molar refractivity (Wildman–Crippen MR) is 96.6 cm³/mol. The number of carbonyl (C=O) groups is 1. The summed E-state index contributed by atoms with van der Waals surface area (Å²) in [5, 5.41) is 9.63. The molecule has 0 aromatic carbocycles. The van der Waals surface area contributed by atoms with Crippen LogP contribution in [0.3, 0.4) is 0 Å². The number of dihydropyridines is 1. The minimum Gasteiger partial charge on any atom is -0.446 e. The lowest BCUT2D eigenvalue weighted by atomic mass is 10.1. The van der Waals surface area contributed by atoms with E-state index in [0.29, 0.717) is 12.5 Å². The topological polar surface area (TPSA) is 68.6 Å². The van der Waals surface area contributed by atoms with Crippen LogP contribution in [0.1, 0.15) is 33.1 Å². The van der Waals surface area contributed by atoms with E-state index in [1.165, 1.54) is 0 Å². The van der Waals surface area contributed by atoms with E-state index in [1.54, 1.807) is 6.21 Å². The lowest BCUT2D eigenvalue weighted by molar-refractivity contribution is 0.0197. The van der Waals surface area contributed by atoms with Crippen molar-refractivity contribution in [2.45, 2.75) is 51.5 Å². The van der Waals surface area contributed by atoms with Gasteiger partial charge in [-0.15, -0.1) is 0 Å². The first-order valence-corrected chi connectivity index (χ1v) is 9.38. The smallest absolute Gasteiger partial charge is 0.410 e. The van der Waals surface area contributed by atoms with Gasteiger partial charge in [0, 0.05) is 76.5 Å². The van der Waals surface area contributed by atoms with Crippen molar-refractivity contribution >= 4 is 12.3 Å². The lowest BCUT2D eigenvalue weighted by Crippen LogP contribution is -2.51. The first kappa shape index (κ1) is 18.2. The summed E-state index contributed by atoms with van der Waals surface area (Å²) < 4.78 is 5.73. The summed E-state index contributed by atoms with van der Waals surface area (Å²) in [6, 6.07) is 0.528. The zero-order chi connectivity index (χ0) is 17.8. The number of aliphatic hydroxyl groups excluding tert-OH is 1. The number of aliphatic imine (C=N–C) groups is 1. The van der Waals surface area contributed by atoms with Crippen LogP contribution in [0.5, 0.6) is 0 Å². The second-order valence-corrected chi connectivity index (χ2v) is 7.33. The third-order valence-corrected chi connectivity index (χ3v) is 5.34. The number of nitrogens with zero attached hydrogens (tertiary/aromatic N) is 4. The van der Waals surface area contributed by atoms with Crippen molar-refractivity contribution in [2.24, 2.45) is 4.99 Å². The third-order valence-electron chi connectivity index (χ3n) is 5.34. The van der Waals surface area contributed by atoms with Crippen LogP contribution >= 0.6 is 0 Å². The average molecular weight is 350 g/mol. The largest absolute Gasteiger partial charge is 0.446 e. The number of allylic oxidation sites excluding steroid dienone is 1. The number of ether oxygens (including phenoxy) is 1. The highest BCUT2D eigenvalue weighted by Crippen LogP contribution is 2.22. The Morgan fingerprint density at radius 1 is 1.20 bits per heavy atom. The molecule has 3 aliphatic heterocycles. The molecule has 0 aromatic rings. The molecule has 1 N–H and O–H groups in total. The molecule has 2 fully saturated rings. The van der Waals surface area contributed by atoms with Gasteiger partial charge in [0.2, 0.25) is 0 Å². The molecule has 1 atom stereocenters. The Balaban J connectivity index is 1.41. The number of piperidine rings is 1. The molecule has 0 radical (unpaired) electrons. The fraction of sp³-hybridized carbons (Fsp3) is 0.778. The molecule has 25 heavy (non-hydrogen) atoms. The minimum absolute atomic E-state index is 0.00494. The summed E-state index contributed by atoms with van der Waals surface area (Å²) in [4.78, 5) is 22.8. The second-order valence-electron chi connectivity index (χ2n) is 7.33. The number of rotatable bonds is 3. The SMILES string of the molecule is CC(C)N1CCN(C(=O)OC2CCN(C3=CC=NC(O)C3)CC2)CC1. The number of carbonyl (C=O) groups excluding carboxylic acids is 1. The molecule has 140 valence electrons. The highest BCUT2D eigenvalue weighted by Gasteiger charge is 2.28. The molecule has 1 amide bonds. The van der Waals surface area contributed by atoms with E-state index in [9.17, 15) is 9.90 Å². The molecular formula is C18H30N4O3. The van der Waals surface area contributed by atoms with E-state index in [2.05, 4.69) is 28.6 Å². The summed E-state index contributed by atoms with van der Waals surface area (Å²) in [6.07, 6.45) is 5.08. The fourth-order valence-electron chi connectivity index (χ4n) is 3.67. The molecule has 0 aliphatic carbocycles. The highest BCUT2D eigenvalue weighted by atomic mass is 16.6. The van der Waals surface area contributed by atoms with Crippen LogP contribution < -0.4 is 0 Å². The number of aliphatic hydroxyl groups is 1. The van der Waals surface area contributed by atoms with Gasteiger partial charge in [0.15, 0.2) is 6.23 Å². The van der Waals surface area contributed by atoms with Crippen LogP contribution in [0.2, 0.25) is 0 Å². The Bertz CT molecular complexity index is 518. The average Bonchev–Trinajstić information content (AvgIpc) is 2.62. The van der Waals surface area contributed by atoms with Gasteiger partial charge in [-0.25, -0.2) is 4.79 Å². The molecule has 3 heterocycles. The highest BCUT2D eigenvalue weighted by molar-refractivity contribution is 5.73. The maximum Gasteiger partial charge on any atom is 0.410 e. The number of likely N-dealkylation sites (tertiary alicyclic amines) is 1. The van der Waals surface area contributed by atoms with Crippen molar-refractivity contribution in [3.63, 3.8) is 0 Å². The summed E-state index contributed by atoms with van der Waals surface area (Å²) in [6.45, 7) is 9.42. The number of piperazine rings is 1. The molecular weight excluding hydrogens is 320 g/mol. The first-order valence-electron chi connectivity index (χ1n) is 9.38. The van der Waals surface area contributed by atoms with Gasteiger partial charge >= 0.3 is 6.09 Å². The standard InChI is InChI=1S/C18H30N4O3/c1-14(2)20-9-11-22(12-10-20)18(24)25-16-4-7-21(8-5-16)15-3-6-19-17(23)13-15/h3,6,14,16-17,23H,4-5,7-13H2,1-2H3. The Hall–Kier alpha value is -1.60. The first-order chi connectivity index (χ1) is 12.0. The Labute approximate surface area is 149 Å². The second kappa shape index (κ2) is 8.19. The normalized spacial score (nSPS) is 26.1. The van der Waals surface area contributed by atoms with Crippen LogP contribution in [-0.2, 0) is 4.74 Å². The quantitative estimate of drug-likeness (QED) is 0.831. The van der Waals surface area contributed by atoms with Crippen LogP contribution in [0.4, 0.5) is 4.79 Å². The van der Waals surface area contributed by atoms with Gasteiger partial charge in [0.1, 0.15) is 6.10 Å². The third kappa shape index (κ3) is 4.73. The Morgan fingerprint density at radius 2 is 1.88 bits per heavy atom. The van der Waals surface area contributed by atoms with Crippen molar-refractivity contribution in [3.05, 3.63) is 11.8 Å². The number of hydrogen-bond donors (Lipinski definition) is 1. The zero-order valence-corrected chi connectivity index (χ0v) is 15.3. The van der Waals surface area contributed by atoms with Crippen LogP contribution in [0, 0.1) is 0 Å². The van der Waals surface area contributed by atoms with Crippen molar-refractivity contribution in [1.29, 1.82) is 0 Å². The molecule has 0 spiro atoms. The minimum atomic E-state index is -0.625. The van der Waals surface area contributed by atoms with Gasteiger partial charge in [-0.05, 0) is 19.9 Å². The monoisotopic (exact) mass is 350 g/mol. The molecule has 1 unspecified atom stereocenters. The van der Waals surface area contributed by atoms with Gasteiger partial charge in [-0.1, -0.05) is 0 Å². The van der Waals surface area contributed by atoms with E-state index in [0.717, 1.165) is 57.8 Å².